The van der Waals surface area contributed by atoms with Crippen molar-refractivity contribution in [1.82, 2.24) is 20.9 Å². The summed E-state index contributed by atoms with van der Waals surface area (Å²) >= 11 is 0. The van der Waals surface area contributed by atoms with Gasteiger partial charge in [0.05, 0.1) is 12.6 Å². The Morgan fingerprint density at radius 2 is 1.68 bits per heavy atom. The maximum atomic E-state index is 13.2. The number of fused-ring (bicyclic) bond motifs is 1. The van der Waals surface area contributed by atoms with E-state index in [0.717, 1.165) is 16.5 Å². The monoisotopic (exact) mass is 518 g/mol. The number of carboxylic acid groups (broad SMARTS) is 1. The first-order valence-corrected chi connectivity index (χ1v) is 11.6. The summed E-state index contributed by atoms with van der Waals surface area (Å²) in [5, 5.41) is 26.6. The number of aromatic nitrogens is 1. The number of rotatable bonds is 14. The quantitative estimate of drug-likeness (QED) is 0.0735. The van der Waals surface area contributed by atoms with Gasteiger partial charge >= 0.3 is 5.97 Å². The molecule has 0 aliphatic carbocycles. The van der Waals surface area contributed by atoms with Crippen molar-refractivity contribution in [1.29, 1.82) is 0 Å². The number of aliphatic imine (C=N–C) groups is 1. The number of aliphatic carboxylic acids is 1. The van der Waals surface area contributed by atoms with Crippen LogP contribution in [0.2, 0.25) is 0 Å². The number of aromatic amines is 1. The van der Waals surface area contributed by atoms with E-state index in [9.17, 15) is 24.3 Å². The lowest BCUT2D eigenvalue weighted by Crippen LogP contribution is -2.58. The molecule has 1 heterocycles. The van der Waals surface area contributed by atoms with Gasteiger partial charge in [-0.3, -0.25) is 24.2 Å². The minimum Gasteiger partial charge on any atom is -0.480 e. The predicted molar refractivity (Wildman–Crippen MR) is 136 cm³/mol. The molecule has 37 heavy (non-hydrogen) atoms. The van der Waals surface area contributed by atoms with Crippen LogP contribution in [0.3, 0.4) is 0 Å². The first-order valence-electron chi connectivity index (χ1n) is 11.6. The molecule has 1 aromatic heterocycles. The van der Waals surface area contributed by atoms with E-state index < -0.39 is 54.5 Å². The van der Waals surface area contributed by atoms with Crippen LogP contribution >= 0.6 is 0 Å². The Morgan fingerprint density at radius 1 is 1.03 bits per heavy atom. The van der Waals surface area contributed by atoms with Gasteiger partial charge in [0, 0.05) is 30.1 Å². The summed E-state index contributed by atoms with van der Waals surface area (Å²) in [6, 6.07) is 2.59. The van der Waals surface area contributed by atoms with Gasteiger partial charge in [-0.15, -0.1) is 0 Å². The second-order valence-electron chi connectivity index (χ2n) is 8.49. The Bertz CT molecular complexity index is 1130. The molecule has 2 rings (SSSR count). The van der Waals surface area contributed by atoms with E-state index in [1.807, 2.05) is 24.3 Å². The molecule has 14 heteroatoms. The first-order chi connectivity index (χ1) is 17.5. The third kappa shape index (κ3) is 8.77. The number of guanidine groups is 1. The number of nitrogens with two attached hydrogens (primary N) is 3. The number of hydrogen-bond acceptors (Lipinski definition) is 7. The molecule has 0 saturated carbocycles. The number of para-hydroxylation sites is 1. The van der Waals surface area contributed by atoms with Crippen LogP contribution in [0.1, 0.15) is 25.3 Å². The maximum Gasteiger partial charge on any atom is 0.325 e. The van der Waals surface area contributed by atoms with E-state index in [4.69, 9.17) is 22.3 Å². The largest absolute Gasteiger partial charge is 0.480 e. The Labute approximate surface area is 213 Å². The highest BCUT2D eigenvalue weighted by Crippen LogP contribution is 2.19. The number of nitrogens with zero attached hydrogens (tertiary/aromatic N) is 1. The van der Waals surface area contributed by atoms with E-state index >= 15 is 0 Å². The van der Waals surface area contributed by atoms with E-state index in [0.29, 0.717) is 6.42 Å². The van der Waals surface area contributed by atoms with Crippen LogP contribution in [-0.2, 0) is 25.6 Å². The summed E-state index contributed by atoms with van der Waals surface area (Å²) in [6.45, 7) is 0.734. The molecule has 4 unspecified atom stereocenters. The number of amides is 3. The first kappa shape index (κ1) is 29.1. The fraction of sp³-hybridized carbons (Fsp3) is 0.435. The van der Waals surface area contributed by atoms with Crippen LogP contribution in [0.5, 0.6) is 0 Å². The van der Waals surface area contributed by atoms with Crippen molar-refractivity contribution in [2.75, 3.05) is 13.2 Å². The molecule has 0 bridgehead atoms. The highest BCUT2D eigenvalue weighted by Gasteiger charge is 2.29. The summed E-state index contributed by atoms with van der Waals surface area (Å²) < 4.78 is 0. The fourth-order valence-corrected chi connectivity index (χ4v) is 3.50. The summed E-state index contributed by atoms with van der Waals surface area (Å²) in [6.07, 6.45) is 2.43. The van der Waals surface area contributed by atoms with Crippen LogP contribution in [0.4, 0.5) is 0 Å². The van der Waals surface area contributed by atoms with E-state index in [-0.39, 0.29) is 25.3 Å². The molecule has 2 aromatic rings. The van der Waals surface area contributed by atoms with E-state index in [1.54, 1.807) is 6.20 Å². The lowest BCUT2D eigenvalue weighted by Gasteiger charge is -2.24. The molecule has 1 aromatic carbocycles. The molecule has 0 fully saturated rings. The van der Waals surface area contributed by atoms with Crippen LogP contribution in [0, 0.1) is 0 Å². The van der Waals surface area contributed by atoms with Gasteiger partial charge in [-0.25, -0.2) is 0 Å². The van der Waals surface area contributed by atoms with Gasteiger partial charge < -0.3 is 48.3 Å². The van der Waals surface area contributed by atoms with Crippen molar-refractivity contribution in [3.8, 4) is 0 Å². The van der Waals surface area contributed by atoms with Crippen molar-refractivity contribution >= 4 is 40.6 Å². The standard InChI is InChI=1S/C23H34N8O6/c1-12(22(36)37)29-21(35)18(11-32)31-20(34)17(9-13-10-28-16-7-3-2-5-14(13)16)30-19(33)15(24)6-4-8-27-23(25)26/h2-3,5,7,10,12,15,17-18,28,32H,4,6,8-9,11,24H2,1H3,(H,29,35)(H,30,33)(H,31,34)(H,36,37)(H4,25,26,27). The Hall–Kier alpha value is -4.17. The van der Waals surface area contributed by atoms with Gasteiger partial charge in [0.1, 0.15) is 18.1 Å². The normalized spacial score (nSPS) is 14.1. The highest BCUT2D eigenvalue weighted by molar-refractivity contribution is 5.94. The number of aliphatic hydroxyl groups excluding tert-OH is 1. The molecule has 12 N–H and O–H groups in total. The van der Waals surface area contributed by atoms with Gasteiger partial charge in [-0.1, -0.05) is 18.2 Å². The molecule has 3 amide bonds. The van der Waals surface area contributed by atoms with Crippen molar-refractivity contribution < 1.29 is 29.4 Å². The molecular weight excluding hydrogens is 484 g/mol. The van der Waals surface area contributed by atoms with E-state index in [1.165, 1.54) is 6.92 Å². The smallest absolute Gasteiger partial charge is 0.325 e. The number of carbonyl (C=O) groups excluding carboxylic acids is 3. The molecule has 0 spiro atoms. The molecular formula is C23H34N8O6. The van der Waals surface area contributed by atoms with E-state index in [2.05, 4.69) is 25.9 Å². The van der Waals surface area contributed by atoms with Crippen LogP contribution in [-0.4, -0.2) is 82.2 Å². The number of nitrogens with one attached hydrogen (secondary N) is 4. The van der Waals surface area contributed by atoms with Gasteiger partial charge in [-0.2, -0.15) is 0 Å². The average Bonchev–Trinajstić information content (AvgIpc) is 3.26. The Kier molecular flexibility index (Phi) is 10.8. The molecule has 0 saturated heterocycles. The molecule has 14 nitrogen and oxygen atoms in total. The summed E-state index contributed by atoms with van der Waals surface area (Å²) in [5.41, 5.74) is 18.1. The van der Waals surface area contributed by atoms with Crippen molar-refractivity contribution in [3.63, 3.8) is 0 Å². The number of hydrogen-bond donors (Lipinski definition) is 9. The number of carboxylic acids is 1. The maximum absolute atomic E-state index is 13.2. The molecule has 0 aliphatic rings. The predicted octanol–water partition coefficient (Wildman–Crippen LogP) is -2.36. The lowest BCUT2D eigenvalue weighted by molar-refractivity contribution is -0.142. The Balaban J connectivity index is 2.17. The highest BCUT2D eigenvalue weighted by atomic mass is 16.4. The third-order valence-corrected chi connectivity index (χ3v) is 5.58. The minimum absolute atomic E-state index is 0.0492. The van der Waals surface area contributed by atoms with Crippen molar-refractivity contribution in [3.05, 3.63) is 36.0 Å². The SMILES string of the molecule is CC(NC(=O)C(CO)NC(=O)C(Cc1c[nH]c2ccccc12)NC(=O)C(N)CCCN=C(N)N)C(=O)O. The molecule has 4 atom stereocenters. The van der Waals surface area contributed by atoms with Crippen molar-refractivity contribution in [2.45, 2.75) is 50.4 Å². The summed E-state index contributed by atoms with van der Waals surface area (Å²) in [5.74, 6) is -3.61. The third-order valence-electron chi connectivity index (χ3n) is 5.58. The summed E-state index contributed by atoms with van der Waals surface area (Å²) in [4.78, 5) is 56.3. The Morgan fingerprint density at radius 3 is 2.32 bits per heavy atom. The number of benzene rings is 1. The second-order valence-corrected chi connectivity index (χ2v) is 8.49. The number of H-pyrrole nitrogens is 1. The number of aliphatic hydroxyl groups is 1. The van der Waals surface area contributed by atoms with Crippen molar-refractivity contribution in [2.24, 2.45) is 22.2 Å². The number of carbonyl (C=O) groups is 4. The second kappa shape index (κ2) is 13.8. The van der Waals surface area contributed by atoms with Gasteiger partial charge in [-0.05, 0) is 31.4 Å². The fourth-order valence-electron chi connectivity index (χ4n) is 3.50. The van der Waals surface area contributed by atoms with Crippen LogP contribution in [0.25, 0.3) is 10.9 Å². The zero-order valence-corrected chi connectivity index (χ0v) is 20.4. The average molecular weight is 519 g/mol. The zero-order chi connectivity index (χ0) is 27.5. The van der Waals surface area contributed by atoms with Gasteiger partial charge in [0.15, 0.2) is 5.96 Å². The van der Waals surface area contributed by atoms with Crippen LogP contribution in [0.15, 0.2) is 35.5 Å². The van der Waals surface area contributed by atoms with Gasteiger partial charge in [0.2, 0.25) is 17.7 Å². The van der Waals surface area contributed by atoms with Gasteiger partial charge in [0.25, 0.3) is 0 Å². The lowest BCUT2D eigenvalue weighted by atomic mass is 10.0. The minimum atomic E-state index is -1.44. The topological polar surface area (TPSA) is 251 Å². The molecule has 202 valence electrons. The molecule has 0 aliphatic heterocycles. The van der Waals surface area contributed by atoms with Crippen LogP contribution < -0.4 is 33.2 Å². The zero-order valence-electron chi connectivity index (χ0n) is 20.4. The summed E-state index contributed by atoms with van der Waals surface area (Å²) in [7, 11) is 0. The molecule has 0 radical (unpaired) electrons.